The van der Waals surface area contributed by atoms with Crippen molar-refractivity contribution in [2.75, 3.05) is 20.3 Å². The van der Waals surface area contributed by atoms with Crippen molar-refractivity contribution < 1.29 is 27.9 Å². The maximum Gasteiger partial charge on any atom is 0.322 e. The fraction of sp³-hybridized carbons (Fsp3) is 0.538. The number of aliphatic carboxylic acids is 1. The molecular formula is C13H19N3O6S. The topological polar surface area (TPSA) is 127 Å². The standard InChI is InChI=1S/C13H19N3O6S/c1-14-12(17)10-5-9(6-16(10)2)23(20,21)15-11(13(18)19)8-3-4-22-7-8/h5-6,8,11,15H,3-4,7H2,1-2H3,(H,14,17)(H,18,19). The van der Waals surface area contributed by atoms with Gasteiger partial charge >= 0.3 is 5.97 Å². The van der Waals surface area contributed by atoms with Gasteiger partial charge in [-0.15, -0.1) is 0 Å². The van der Waals surface area contributed by atoms with Crippen LogP contribution in [-0.2, 0) is 26.6 Å². The molecule has 128 valence electrons. The quantitative estimate of drug-likeness (QED) is 0.616. The Labute approximate surface area is 133 Å². The molecule has 1 aromatic rings. The highest BCUT2D eigenvalue weighted by molar-refractivity contribution is 7.89. The van der Waals surface area contributed by atoms with Crippen LogP contribution >= 0.6 is 0 Å². The Balaban J connectivity index is 2.27. The normalized spacial score (nSPS) is 19.5. The van der Waals surface area contributed by atoms with Crippen LogP contribution in [0.25, 0.3) is 0 Å². The van der Waals surface area contributed by atoms with Gasteiger partial charge in [-0.05, 0) is 12.5 Å². The molecule has 1 amide bonds. The van der Waals surface area contributed by atoms with Crippen molar-refractivity contribution >= 4 is 21.9 Å². The molecule has 0 spiro atoms. The van der Waals surface area contributed by atoms with Crippen LogP contribution in [0.5, 0.6) is 0 Å². The number of hydrogen-bond acceptors (Lipinski definition) is 5. The Bertz CT molecular complexity index is 705. The van der Waals surface area contributed by atoms with Gasteiger partial charge in [0.2, 0.25) is 10.0 Å². The number of ether oxygens (including phenoxy) is 1. The third-order valence-electron chi connectivity index (χ3n) is 3.73. The monoisotopic (exact) mass is 345 g/mol. The van der Waals surface area contributed by atoms with Crippen molar-refractivity contribution in [1.82, 2.24) is 14.6 Å². The zero-order valence-corrected chi connectivity index (χ0v) is 13.6. The Kier molecular flexibility index (Phi) is 5.07. The van der Waals surface area contributed by atoms with E-state index < -0.39 is 33.9 Å². The molecule has 23 heavy (non-hydrogen) atoms. The van der Waals surface area contributed by atoms with Crippen molar-refractivity contribution in [1.29, 1.82) is 0 Å². The lowest BCUT2D eigenvalue weighted by molar-refractivity contribution is -0.140. The van der Waals surface area contributed by atoms with E-state index in [9.17, 15) is 23.1 Å². The van der Waals surface area contributed by atoms with Gasteiger partial charge < -0.3 is 19.7 Å². The second kappa shape index (κ2) is 6.69. The zero-order chi connectivity index (χ0) is 17.2. The second-order valence-electron chi connectivity index (χ2n) is 5.31. The van der Waals surface area contributed by atoms with Crippen LogP contribution in [0.1, 0.15) is 16.9 Å². The summed E-state index contributed by atoms with van der Waals surface area (Å²) in [5.74, 6) is -2.12. The van der Waals surface area contributed by atoms with Crippen LogP contribution in [0.15, 0.2) is 17.2 Å². The molecule has 0 bridgehead atoms. The number of sulfonamides is 1. The van der Waals surface area contributed by atoms with Crippen LogP contribution in [0.2, 0.25) is 0 Å². The summed E-state index contributed by atoms with van der Waals surface area (Å²) in [6.07, 6.45) is 1.73. The van der Waals surface area contributed by atoms with Crippen LogP contribution in [0.4, 0.5) is 0 Å². The number of carbonyl (C=O) groups excluding carboxylic acids is 1. The van der Waals surface area contributed by atoms with Gasteiger partial charge in [0.25, 0.3) is 5.91 Å². The van der Waals surface area contributed by atoms with E-state index in [1.807, 2.05) is 0 Å². The van der Waals surface area contributed by atoms with Crippen molar-refractivity contribution in [3.05, 3.63) is 18.0 Å². The molecule has 2 heterocycles. The number of amides is 1. The number of nitrogens with one attached hydrogen (secondary N) is 2. The predicted octanol–water partition coefficient (Wildman–Crippen LogP) is -0.847. The van der Waals surface area contributed by atoms with Crippen LogP contribution in [-0.4, -0.2) is 56.3 Å². The summed E-state index contributed by atoms with van der Waals surface area (Å²) < 4.78 is 33.5. The highest BCUT2D eigenvalue weighted by atomic mass is 32.2. The number of nitrogens with zero attached hydrogens (tertiary/aromatic N) is 1. The largest absolute Gasteiger partial charge is 0.480 e. The Morgan fingerprint density at radius 1 is 1.48 bits per heavy atom. The number of carboxylic acid groups (broad SMARTS) is 1. The fourth-order valence-electron chi connectivity index (χ4n) is 2.43. The van der Waals surface area contributed by atoms with Crippen molar-refractivity contribution in [3.63, 3.8) is 0 Å². The average molecular weight is 345 g/mol. The van der Waals surface area contributed by atoms with Gasteiger partial charge in [-0.1, -0.05) is 0 Å². The van der Waals surface area contributed by atoms with E-state index in [0.717, 1.165) is 0 Å². The number of carbonyl (C=O) groups is 2. The van der Waals surface area contributed by atoms with Gasteiger partial charge in [0.05, 0.1) is 6.61 Å². The summed E-state index contributed by atoms with van der Waals surface area (Å²) in [5, 5.41) is 11.7. The van der Waals surface area contributed by atoms with E-state index in [-0.39, 0.29) is 17.2 Å². The van der Waals surface area contributed by atoms with E-state index in [0.29, 0.717) is 13.0 Å². The Morgan fingerprint density at radius 2 is 2.17 bits per heavy atom. The first-order chi connectivity index (χ1) is 10.8. The van der Waals surface area contributed by atoms with Crippen LogP contribution in [0, 0.1) is 5.92 Å². The smallest absolute Gasteiger partial charge is 0.322 e. The van der Waals surface area contributed by atoms with Crippen LogP contribution in [0.3, 0.4) is 0 Å². The van der Waals surface area contributed by atoms with Crippen LogP contribution < -0.4 is 10.0 Å². The molecule has 2 unspecified atom stereocenters. The number of aryl methyl sites for hydroxylation is 1. The number of carboxylic acids is 1. The van der Waals surface area contributed by atoms with E-state index in [1.54, 1.807) is 0 Å². The predicted molar refractivity (Wildman–Crippen MR) is 79.5 cm³/mol. The molecular weight excluding hydrogens is 326 g/mol. The van der Waals surface area contributed by atoms with Gasteiger partial charge in [-0.25, -0.2) is 8.42 Å². The van der Waals surface area contributed by atoms with E-state index in [2.05, 4.69) is 10.0 Å². The van der Waals surface area contributed by atoms with E-state index in [1.165, 1.54) is 30.9 Å². The van der Waals surface area contributed by atoms with Gasteiger partial charge in [0.15, 0.2) is 0 Å². The molecule has 1 saturated heterocycles. The first-order valence-corrected chi connectivity index (χ1v) is 8.46. The maximum absolute atomic E-state index is 12.4. The molecule has 9 nitrogen and oxygen atoms in total. The molecule has 1 aromatic heterocycles. The molecule has 10 heteroatoms. The summed E-state index contributed by atoms with van der Waals surface area (Å²) in [4.78, 5) is 22.9. The molecule has 0 saturated carbocycles. The lowest BCUT2D eigenvalue weighted by atomic mass is 10.0. The molecule has 1 fully saturated rings. The molecule has 1 aliphatic rings. The fourth-order valence-corrected chi connectivity index (χ4v) is 3.76. The van der Waals surface area contributed by atoms with Crippen molar-refractivity contribution in [3.8, 4) is 0 Å². The maximum atomic E-state index is 12.4. The minimum atomic E-state index is -4.07. The number of aromatic nitrogens is 1. The average Bonchev–Trinajstić information content (AvgIpc) is 3.13. The Morgan fingerprint density at radius 3 is 2.70 bits per heavy atom. The van der Waals surface area contributed by atoms with E-state index >= 15 is 0 Å². The molecule has 0 aromatic carbocycles. The zero-order valence-electron chi connectivity index (χ0n) is 12.8. The summed E-state index contributed by atoms with van der Waals surface area (Å²) in [7, 11) is -1.11. The van der Waals surface area contributed by atoms with E-state index in [4.69, 9.17) is 4.74 Å². The summed E-state index contributed by atoms with van der Waals surface area (Å²) in [6.45, 7) is 0.597. The van der Waals surface area contributed by atoms with Crippen molar-refractivity contribution in [2.45, 2.75) is 17.4 Å². The third-order valence-corrected chi connectivity index (χ3v) is 5.14. The van der Waals surface area contributed by atoms with Gasteiger partial charge in [0, 0.05) is 32.8 Å². The molecule has 2 rings (SSSR count). The highest BCUT2D eigenvalue weighted by Gasteiger charge is 2.35. The third kappa shape index (κ3) is 3.71. The molecule has 0 aliphatic carbocycles. The minimum absolute atomic E-state index is 0.156. The highest BCUT2D eigenvalue weighted by Crippen LogP contribution is 2.20. The molecule has 2 atom stereocenters. The van der Waals surface area contributed by atoms with Crippen molar-refractivity contribution in [2.24, 2.45) is 13.0 Å². The lowest BCUT2D eigenvalue weighted by Gasteiger charge is -2.19. The number of rotatable bonds is 6. The summed E-state index contributed by atoms with van der Waals surface area (Å²) in [5.41, 5.74) is 0.156. The minimum Gasteiger partial charge on any atom is -0.480 e. The molecule has 3 N–H and O–H groups in total. The Hall–Kier alpha value is -1.91. The SMILES string of the molecule is CNC(=O)c1cc(S(=O)(=O)NC(C(=O)O)C2CCOC2)cn1C. The molecule has 1 aliphatic heterocycles. The number of hydrogen-bond donors (Lipinski definition) is 3. The van der Waals surface area contributed by atoms with Gasteiger partial charge in [-0.2, -0.15) is 4.72 Å². The van der Waals surface area contributed by atoms with Gasteiger partial charge in [-0.3, -0.25) is 9.59 Å². The second-order valence-corrected chi connectivity index (χ2v) is 7.03. The summed E-state index contributed by atoms with van der Waals surface area (Å²) >= 11 is 0. The first-order valence-electron chi connectivity index (χ1n) is 6.97. The first kappa shape index (κ1) is 17.4. The molecule has 0 radical (unpaired) electrons. The lowest BCUT2D eigenvalue weighted by Crippen LogP contribution is -2.46. The van der Waals surface area contributed by atoms with Gasteiger partial charge in [0.1, 0.15) is 16.6 Å². The summed E-state index contributed by atoms with van der Waals surface area (Å²) in [6, 6.07) is -0.0724.